The molecule has 0 bridgehead atoms. The molecule has 0 saturated carbocycles. The summed E-state index contributed by atoms with van der Waals surface area (Å²) >= 11 is 0. The molecule has 0 fully saturated rings. The molecule has 0 saturated heterocycles. The number of hydrogen-bond donors (Lipinski definition) is 0. The lowest BCUT2D eigenvalue weighted by molar-refractivity contribution is -0.134. The largest absolute Gasteiger partial charge is 0.426 e. The minimum atomic E-state index is -0.787. The first-order valence-corrected chi connectivity index (χ1v) is 10.3. The highest BCUT2D eigenvalue weighted by atomic mass is 31.1. The van der Waals surface area contributed by atoms with Crippen molar-refractivity contribution in [1.82, 2.24) is 0 Å². The van der Waals surface area contributed by atoms with Gasteiger partial charge in [-0.2, -0.15) is 0 Å². The van der Waals surface area contributed by atoms with Crippen LogP contribution in [0, 0.1) is 0 Å². The van der Waals surface area contributed by atoms with E-state index in [1.165, 1.54) is 10.6 Å². The third kappa shape index (κ3) is 4.59. The smallest absolute Gasteiger partial charge is 0.311 e. The molecule has 0 radical (unpaired) electrons. The summed E-state index contributed by atoms with van der Waals surface area (Å²) < 4.78 is 5.75. The van der Waals surface area contributed by atoms with E-state index in [4.69, 9.17) is 4.74 Å². The molecule has 0 spiro atoms. The van der Waals surface area contributed by atoms with Crippen molar-refractivity contribution in [1.29, 1.82) is 0 Å². The Kier molecular flexibility index (Phi) is 6.57. The van der Waals surface area contributed by atoms with Gasteiger partial charge in [-0.1, -0.05) is 92.2 Å². The molecule has 0 N–H and O–H groups in total. The molecule has 3 aromatic rings. The average molecular weight is 362 g/mol. The molecule has 0 heterocycles. The van der Waals surface area contributed by atoms with Gasteiger partial charge in [0.1, 0.15) is 5.75 Å². The Bertz CT molecular complexity index is 792. The Morgan fingerprint density at radius 2 is 1.35 bits per heavy atom. The van der Waals surface area contributed by atoms with Crippen molar-refractivity contribution in [2.45, 2.75) is 26.2 Å². The van der Waals surface area contributed by atoms with Crippen LogP contribution in [0.1, 0.15) is 26.2 Å². The predicted molar refractivity (Wildman–Crippen MR) is 110 cm³/mol. The zero-order valence-electron chi connectivity index (χ0n) is 15.0. The fraction of sp³-hybridized carbons (Fsp3) is 0.174. The lowest BCUT2D eigenvalue weighted by atomic mass is 10.2. The second kappa shape index (κ2) is 9.31. The maximum Gasteiger partial charge on any atom is 0.311 e. The van der Waals surface area contributed by atoms with Gasteiger partial charge in [0.2, 0.25) is 0 Å². The molecule has 0 atom stereocenters. The number of esters is 1. The Morgan fingerprint density at radius 1 is 0.808 bits per heavy atom. The van der Waals surface area contributed by atoms with Gasteiger partial charge in [-0.15, -0.1) is 0 Å². The molecule has 0 aliphatic heterocycles. The monoisotopic (exact) mass is 362 g/mol. The van der Waals surface area contributed by atoms with Gasteiger partial charge in [-0.3, -0.25) is 4.79 Å². The first-order chi connectivity index (χ1) is 12.8. The predicted octanol–water partition coefficient (Wildman–Crippen LogP) is 4.54. The molecule has 0 amide bonds. The van der Waals surface area contributed by atoms with Crippen LogP contribution in [0.4, 0.5) is 0 Å². The minimum absolute atomic E-state index is 0.157. The zero-order chi connectivity index (χ0) is 18.2. The van der Waals surface area contributed by atoms with Crippen molar-refractivity contribution in [3.63, 3.8) is 0 Å². The van der Waals surface area contributed by atoms with Gasteiger partial charge < -0.3 is 4.74 Å². The van der Waals surface area contributed by atoms with Gasteiger partial charge in [-0.25, -0.2) is 0 Å². The van der Waals surface area contributed by atoms with Crippen LogP contribution in [0.2, 0.25) is 0 Å². The molecular formula is C23H23O2P. The highest BCUT2D eigenvalue weighted by Crippen LogP contribution is 2.36. The minimum Gasteiger partial charge on any atom is -0.426 e. The lowest BCUT2D eigenvalue weighted by Gasteiger charge is -2.21. The van der Waals surface area contributed by atoms with Gasteiger partial charge in [0.05, 0.1) is 0 Å². The summed E-state index contributed by atoms with van der Waals surface area (Å²) in [7, 11) is -0.787. The van der Waals surface area contributed by atoms with E-state index in [0.29, 0.717) is 12.2 Å². The summed E-state index contributed by atoms with van der Waals surface area (Å²) in [5.74, 6) is 0.516. The third-order valence-electron chi connectivity index (χ3n) is 4.09. The van der Waals surface area contributed by atoms with E-state index in [1.54, 1.807) is 0 Å². The molecule has 132 valence electrons. The van der Waals surface area contributed by atoms with Gasteiger partial charge in [0, 0.05) is 11.7 Å². The Labute approximate surface area is 156 Å². The Hall–Kier alpha value is -2.44. The van der Waals surface area contributed by atoms with Crippen LogP contribution >= 0.6 is 7.92 Å². The van der Waals surface area contributed by atoms with Crippen molar-refractivity contribution in [3.8, 4) is 5.75 Å². The van der Waals surface area contributed by atoms with E-state index in [1.807, 2.05) is 30.3 Å². The third-order valence-corrected chi connectivity index (χ3v) is 6.57. The summed E-state index contributed by atoms with van der Waals surface area (Å²) in [6.07, 6.45) is 2.30. The molecule has 2 nitrogen and oxygen atoms in total. The maximum atomic E-state index is 12.2. The average Bonchev–Trinajstić information content (AvgIpc) is 2.69. The van der Waals surface area contributed by atoms with Gasteiger partial charge in [0.15, 0.2) is 0 Å². The zero-order valence-corrected chi connectivity index (χ0v) is 15.9. The van der Waals surface area contributed by atoms with Crippen LogP contribution in [-0.4, -0.2) is 5.97 Å². The highest BCUT2D eigenvalue weighted by Gasteiger charge is 2.21. The van der Waals surface area contributed by atoms with E-state index in [-0.39, 0.29) is 5.97 Å². The van der Waals surface area contributed by atoms with Crippen LogP contribution in [0.15, 0.2) is 84.9 Å². The number of ether oxygens (including phenoxy) is 1. The standard InChI is InChI=1S/C23H23O2P/c1-2-3-18-23(24)25-21-16-10-11-17-22(21)26(19-12-6-4-7-13-19)20-14-8-5-9-15-20/h4-17H,2-3,18H2,1H3. The second-order valence-corrected chi connectivity index (χ2v) is 8.24. The lowest BCUT2D eigenvalue weighted by Crippen LogP contribution is -2.23. The molecule has 3 heteroatoms. The molecule has 0 unspecified atom stereocenters. The van der Waals surface area contributed by atoms with E-state index < -0.39 is 7.92 Å². The van der Waals surface area contributed by atoms with Crippen molar-refractivity contribution >= 4 is 29.8 Å². The van der Waals surface area contributed by atoms with Crippen molar-refractivity contribution in [2.75, 3.05) is 0 Å². The number of para-hydroxylation sites is 1. The van der Waals surface area contributed by atoms with Gasteiger partial charge >= 0.3 is 5.97 Å². The first kappa shape index (κ1) is 18.4. The van der Waals surface area contributed by atoms with Crippen LogP contribution in [-0.2, 0) is 4.79 Å². The normalized spacial score (nSPS) is 10.7. The van der Waals surface area contributed by atoms with E-state index >= 15 is 0 Å². The van der Waals surface area contributed by atoms with Crippen LogP contribution in [0.3, 0.4) is 0 Å². The number of benzene rings is 3. The second-order valence-electron chi connectivity index (χ2n) is 6.05. The summed E-state index contributed by atoms with van der Waals surface area (Å²) in [6.45, 7) is 2.07. The number of hydrogen-bond acceptors (Lipinski definition) is 2. The molecule has 0 aliphatic carbocycles. The summed E-state index contributed by atoms with van der Waals surface area (Å²) in [4.78, 5) is 12.2. The number of carbonyl (C=O) groups is 1. The van der Waals surface area contributed by atoms with Crippen molar-refractivity contribution < 1.29 is 9.53 Å². The van der Waals surface area contributed by atoms with Gasteiger partial charge in [-0.05, 0) is 31.0 Å². The Balaban J connectivity index is 2.01. The van der Waals surface area contributed by atoms with E-state index in [9.17, 15) is 4.79 Å². The molecule has 0 aliphatic rings. The number of carbonyl (C=O) groups excluding carboxylic acids is 1. The van der Waals surface area contributed by atoms with Crippen molar-refractivity contribution in [3.05, 3.63) is 84.9 Å². The first-order valence-electron chi connectivity index (χ1n) is 8.99. The highest BCUT2D eigenvalue weighted by molar-refractivity contribution is 7.80. The SMILES string of the molecule is CCCCC(=O)Oc1ccccc1P(c1ccccc1)c1ccccc1. The topological polar surface area (TPSA) is 26.3 Å². The van der Waals surface area contributed by atoms with Crippen molar-refractivity contribution in [2.24, 2.45) is 0 Å². The van der Waals surface area contributed by atoms with Crippen LogP contribution < -0.4 is 20.7 Å². The fourth-order valence-corrected chi connectivity index (χ4v) is 5.18. The van der Waals surface area contributed by atoms with Crippen LogP contribution in [0.25, 0.3) is 0 Å². The number of rotatable bonds is 7. The Morgan fingerprint density at radius 3 is 1.92 bits per heavy atom. The summed E-state index contributed by atoms with van der Waals surface area (Å²) in [6, 6.07) is 28.8. The maximum absolute atomic E-state index is 12.2. The summed E-state index contributed by atoms with van der Waals surface area (Å²) in [5, 5.41) is 3.56. The quantitative estimate of drug-likeness (QED) is 0.350. The van der Waals surface area contributed by atoms with E-state index in [0.717, 1.165) is 18.1 Å². The van der Waals surface area contributed by atoms with Gasteiger partial charge in [0.25, 0.3) is 0 Å². The fourth-order valence-electron chi connectivity index (χ4n) is 2.80. The summed E-state index contributed by atoms with van der Waals surface area (Å²) in [5.41, 5.74) is 0. The molecule has 3 aromatic carbocycles. The number of unbranched alkanes of at least 4 members (excludes halogenated alkanes) is 1. The molecular weight excluding hydrogens is 339 g/mol. The van der Waals surface area contributed by atoms with Crippen LogP contribution in [0.5, 0.6) is 5.75 Å². The molecule has 3 rings (SSSR count). The molecule has 26 heavy (non-hydrogen) atoms. The molecule has 0 aromatic heterocycles. The van der Waals surface area contributed by atoms with E-state index in [2.05, 4.69) is 61.5 Å².